The van der Waals surface area contributed by atoms with Gasteiger partial charge in [-0.05, 0) is 75.5 Å². The van der Waals surface area contributed by atoms with Crippen LogP contribution in [0.2, 0.25) is 0 Å². The summed E-state index contributed by atoms with van der Waals surface area (Å²) in [4.78, 5) is 27.5. The molecule has 0 unspecified atom stereocenters. The van der Waals surface area contributed by atoms with E-state index in [0.29, 0.717) is 23.8 Å². The summed E-state index contributed by atoms with van der Waals surface area (Å²) in [6.07, 6.45) is 8.02. The fourth-order valence-corrected chi connectivity index (χ4v) is 4.00. The van der Waals surface area contributed by atoms with Crippen molar-refractivity contribution in [2.45, 2.75) is 64.4 Å². The van der Waals surface area contributed by atoms with Gasteiger partial charge in [0.15, 0.2) is 0 Å². The van der Waals surface area contributed by atoms with E-state index in [9.17, 15) is 9.59 Å². The molecule has 2 aromatic rings. The van der Waals surface area contributed by atoms with Gasteiger partial charge in [-0.1, -0.05) is 24.3 Å². The number of aromatic nitrogens is 1. The number of carbonyl (C=O) groups excluding carboxylic acids is 2. The zero-order valence-electron chi connectivity index (χ0n) is 17.5. The first-order valence-corrected chi connectivity index (χ1v) is 10.3. The SMILES string of the molecule is CC(C)(C)OC(=O)C[C@H]1CC[C@H](c2ccc(-c3cncc(C(N)=O)c3)cc2)CC1. The summed E-state index contributed by atoms with van der Waals surface area (Å²) in [5.74, 6) is 0.383. The molecule has 1 saturated carbocycles. The molecule has 5 heteroatoms. The van der Waals surface area contributed by atoms with E-state index in [2.05, 4.69) is 29.2 Å². The zero-order chi connectivity index (χ0) is 21.0. The molecule has 1 aromatic heterocycles. The van der Waals surface area contributed by atoms with Crippen LogP contribution in [0.1, 0.15) is 74.7 Å². The number of pyridine rings is 1. The van der Waals surface area contributed by atoms with Crippen molar-refractivity contribution >= 4 is 11.9 Å². The van der Waals surface area contributed by atoms with Crippen molar-refractivity contribution in [2.75, 3.05) is 0 Å². The molecule has 1 fully saturated rings. The molecule has 2 N–H and O–H groups in total. The number of hydrogen-bond acceptors (Lipinski definition) is 4. The van der Waals surface area contributed by atoms with Crippen molar-refractivity contribution < 1.29 is 14.3 Å². The molecule has 154 valence electrons. The number of nitrogens with two attached hydrogens (primary N) is 1. The largest absolute Gasteiger partial charge is 0.460 e. The Labute approximate surface area is 172 Å². The summed E-state index contributed by atoms with van der Waals surface area (Å²) >= 11 is 0. The van der Waals surface area contributed by atoms with E-state index in [4.69, 9.17) is 10.5 Å². The minimum Gasteiger partial charge on any atom is -0.460 e. The number of rotatable bonds is 5. The van der Waals surface area contributed by atoms with Gasteiger partial charge in [0.2, 0.25) is 5.91 Å². The first-order valence-electron chi connectivity index (χ1n) is 10.3. The van der Waals surface area contributed by atoms with Crippen LogP contribution >= 0.6 is 0 Å². The van der Waals surface area contributed by atoms with E-state index < -0.39 is 11.5 Å². The molecule has 0 atom stereocenters. The molecule has 29 heavy (non-hydrogen) atoms. The Hall–Kier alpha value is -2.69. The molecule has 1 amide bonds. The third-order valence-corrected chi connectivity index (χ3v) is 5.46. The van der Waals surface area contributed by atoms with Crippen LogP contribution in [0.15, 0.2) is 42.7 Å². The van der Waals surface area contributed by atoms with Gasteiger partial charge in [-0.2, -0.15) is 0 Å². The Kier molecular flexibility index (Phi) is 6.36. The van der Waals surface area contributed by atoms with Crippen LogP contribution < -0.4 is 5.73 Å². The van der Waals surface area contributed by atoms with Crippen LogP contribution in [0.3, 0.4) is 0 Å². The van der Waals surface area contributed by atoms with Crippen molar-refractivity contribution in [1.29, 1.82) is 0 Å². The van der Waals surface area contributed by atoms with E-state index in [0.717, 1.165) is 36.8 Å². The highest BCUT2D eigenvalue weighted by molar-refractivity contribution is 5.93. The van der Waals surface area contributed by atoms with Crippen molar-refractivity contribution in [3.8, 4) is 11.1 Å². The topological polar surface area (TPSA) is 82.3 Å². The van der Waals surface area contributed by atoms with Gasteiger partial charge >= 0.3 is 5.97 Å². The summed E-state index contributed by atoms with van der Waals surface area (Å²) in [5, 5.41) is 0. The lowest BCUT2D eigenvalue weighted by atomic mass is 9.77. The standard InChI is InChI=1S/C24H30N2O3/c1-24(2,3)29-22(27)12-16-4-6-17(7-5-16)18-8-10-19(11-9-18)20-13-21(23(25)28)15-26-14-20/h8-11,13-17H,4-7,12H2,1-3H3,(H2,25,28)/t16-,17-. The fraction of sp³-hybridized carbons (Fsp3) is 0.458. The minimum absolute atomic E-state index is 0.0860. The smallest absolute Gasteiger partial charge is 0.306 e. The molecule has 1 aliphatic rings. The highest BCUT2D eigenvalue weighted by atomic mass is 16.6. The lowest BCUT2D eigenvalue weighted by molar-refractivity contribution is -0.156. The summed E-state index contributed by atoms with van der Waals surface area (Å²) in [5.41, 5.74) is 8.57. The molecule has 5 nitrogen and oxygen atoms in total. The second kappa shape index (κ2) is 8.76. The monoisotopic (exact) mass is 394 g/mol. The molecule has 0 aliphatic heterocycles. The van der Waals surface area contributed by atoms with Gasteiger partial charge in [-0.3, -0.25) is 14.6 Å². The van der Waals surface area contributed by atoms with Gasteiger partial charge in [0.05, 0.1) is 5.56 Å². The molecule has 1 aliphatic carbocycles. The average Bonchev–Trinajstić information content (AvgIpc) is 2.67. The Bertz CT molecular complexity index is 860. The quantitative estimate of drug-likeness (QED) is 0.735. The van der Waals surface area contributed by atoms with Crippen molar-refractivity contribution in [3.63, 3.8) is 0 Å². The first-order chi connectivity index (χ1) is 13.7. The fourth-order valence-electron chi connectivity index (χ4n) is 4.00. The number of nitrogens with zero attached hydrogens (tertiary/aromatic N) is 1. The molecular formula is C24H30N2O3. The lowest BCUT2D eigenvalue weighted by Crippen LogP contribution is -2.26. The zero-order valence-corrected chi connectivity index (χ0v) is 17.5. The van der Waals surface area contributed by atoms with Gasteiger partial charge in [-0.15, -0.1) is 0 Å². The Morgan fingerprint density at radius 2 is 1.69 bits per heavy atom. The average molecular weight is 395 g/mol. The molecular weight excluding hydrogens is 364 g/mol. The highest BCUT2D eigenvalue weighted by Crippen LogP contribution is 2.38. The summed E-state index contributed by atoms with van der Waals surface area (Å²) in [6, 6.07) is 10.2. The predicted octanol–water partition coefficient (Wildman–Crippen LogP) is 4.85. The van der Waals surface area contributed by atoms with Crippen LogP contribution in [0.4, 0.5) is 0 Å². The number of primary amides is 1. The van der Waals surface area contributed by atoms with Crippen LogP contribution in [0.25, 0.3) is 11.1 Å². The van der Waals surface area contributed by atoms with Crippen molar-refractivity contribution in [3.05, 3.63) is 53.9 Å². The maximum absolute atomic E-state index is 12.1. The molecule has 0 saturated heterocycles. The summed E-state index contributed by atoms with van der Waals surface area (Å²) in [6.45, 7) is 5.73. The van der Waals surface area contributed by atoms with E-state index in [1.165, 1.54) is 11.8 Å². The van der Waals surface area contributed by atoms with Gasteiger partial charge in [0, 0.05) is 24.4 Å². The molecule has 3 rings (SSSR count). The number of hydrogen-bond donors (Lipinski definition) is 1. The van der Waals surface area contributed by atoms with Gasteiger partial charge < -0.3 is 10.5 Å². The Morgan fingerprint density at radius 1 is 1.03 bits per heavy atom. The lowest BCUT2D eigenvalue weighted by Gasteiger charge is -2.29. The van der Waals surface area contributed by atoms with Crippen molar-refractivity contribution in [2.24, 2.45) is 11.7 Å². The van der Waals surface area contributed by atoms with E-state index in [1.54, 1.807) is 12.3 Å². The van der Waals surface area contributed by atoms with E-state index in [1.807, 2.05) is 20.8 Å². The number of esters is 1. The Balaban J connectivity index is 1.57. The molecule has 1 aromatic carbocycles. The number of benzene rings is 1. The molecule has 1 heterocycles. The second-order valence-corrected chi connectivity index (χ2v) is 8.96. The summed E-state index contributed by atoms with van der Waals surface area (Å²) < 4.78 is 5.46. The maximum Gasteiger partial charge on any atom is 0.306 e. The van der Waals surface area contributed by atoms with Gasteiger partial charge in [-0.25, -0.2) is 0 Å². The van der Waals surface area contributed by atoms with Crippen molar-refractivity contribution in [1.82, 2.24) is 4.98 Å². The maximum atomic E-state index is 12.1. The second-order valence-electron chi connectivity index (χ2n) is 8.96. The van der Waals surface area contributed by atoms with Gasteiger partial charge in [0.25, 0.3) is 0 Å². The first kappa shape index (κ1) is 21.0. The number of amides is 1. The summed E-state index contributed by atoms with van der Waals surface area (Å²) in [7, 11) is 0. The number of carbonyl (C=O) groups is 2. The van der Waals surface area contributed by atoms with Crippen LogP contribution in [0, 0.1) is 5.92 Å². The Morgan fingerprint density at radius 3 is 2.28 bits per heavy atom. The third kappa shape index (κ3) is 5.89. The van der Waals surface area contributed by atoms with Gasteiger partial charge in [0.1, 0.15) is 5.60 Å². The number of ether oxygens (including phenoxy) is 1. The normalized spacial score (nSPS) is 19.6. The van der Waals surface area contributed by atoms with Crippen LogP contribution in [-0.4, -0.2) is 22.5 Å². The molecule has 0 spiro atoms. The highest BCUT2D eigenvalue weighted by Gasteiger charge is 2.26. The third-order valence-electron chi connectivity index (χ3n) is 5.46. The van der Waals surface area contributed by atoms with Crippen LogP contribution in [0.5, 0.6) is 0 Å². The molecule has 0 radical (unpaired) electrons. The van der Waals surface area contributed by atoms with E-state index in [-0.39, 0.29) is 5.97 Å². The van der Waals surface area contributed by atoms with Crippen LogP contribution in [-0.2, 0) is 9.53 Å². The van der Waals surface area contributed by atoms with E-state index >= 15 is 0 Å². The molecule has 0 bridgehead atoms. The minimum atomic E-state index is -0.473. The predicted molar refractivity (Wildman–Crippen MR) is 113 cm³/mol.